The molecule has 30 heteroatoms. The highest BCUT2D eigenvalue weighted by Gasteiger charge is 2.25. The molecule has 30 nitrogen and oxygen atoms in total. The Kier molecular flexibility index (Phi) is 43.0. The molecule has 0 spiro atoms. The first-order chi connectivity index (χ1) is 39.4. The molecule has 2 fully saturated rings. The van der Waals surface area contributed by atoms with E-state index in [2.05, 4.69) is 30.2 Å². The largest absolute Gasteiger partial charge is 0.480 e. The van der Waals surface area contributed by atoms with Crippen LogP contribution in [0.3, 0.4) is 0 Å². The van der Waals surface area contributed by atoms with Crippen LogP contribution in [0.15, 0.2) is 48.5 Å². The van der Waals surface area contributed by atoms with Crippen molar-refractivity contribution in [1.82, 2.24) is 39.2 Å². The number of carbonyl (C=O) groups is 8. The fourth-order valence-electron chi connectivity index (χ4n) is 8.26. The third-order valence-corrected chi connectivity index (χ3v) is 12.3. The van der Waals surface area contributed by atoms with Gasteiger partial charge in [-0.05, 0) is 70.5 Å². The Labute approximate surface area is 479 Å². The van der Waals surface area contributed by atoms with Crippen molar-refractivity contribution < 1.29 is 97.1 Å². The molecule has 83 heavy (non-hydrogen) atoms. The molecule has 2 aliphatic heterocycles. The van der Waals surface area contributed by atoms with Crippen LogP contribution in [0.2, 0.25) is 0 Å². The van der Waals surface area contributed by atoms with Gasteiger partial charge in [0.2, 0.25) is 11.8 Å². The molecule has 2 aliphatic rings. The summed E-state index contributed by atoms with van der Waals surface area (Å²) < 4.78 is 0. The average molecular weight is 1170 g/mol. The molecule has 0 radical (unpaired) electrons. The number of ketones is 1. The number of carbonyl (C=O) groups excluding carboxylic acids is 12. The summed E-state index contributed by atoms with van der Waals surface area (Å²) in [7, 11) is 7.96. The smallest absolute Gasteiger partial charge is 0.373 e. The van der Waals surface area contributed by atoms with E-state index in [1.54, 1.807) is 0 Å². The van der Waals surface area contributed by atoms with E-state index in [0.717, 1.165) is 17.4 Å². The first-order valence-electron chi connectivity index (χ1n) is 25.6. The number of Topliss-reactive ketones (excluding diaryl/α,β-unsaturated/α-hetero) is 1. The molecule has 2 heterocycles. The van der Waals surface area contributed by atoms with Gasteiger partial charge in [-0.2, -0.15) is 38.4 Å². The lowest BCUT2D eigenvalue weighted by Gasteiger charge is -2.33. The highest BCUT2D eigenvalue weighted by atomic mass is 16.4. The van der Waals surface area contributed by atoms with Crippen molar-refractivity contribution in [3.63, 3.8) is 0 Å². The van der Waals surface area contributed by atoms with Crippen molar-refractivity contribution in [1.29, 1.82) is 0 Å². The second-order valence-electron chi connectivity index (χ2n) is 18.8. The number of carboxylic acids is 4. The predicted molar refractivity (Wildman–Crippen MR) is 287 cm³/mol. The van der Waals surface area contributed by atoms with Crippen molar-refractivity contribution in [3.8, 4) is 0 Å². The standard InChI is InChI=1S/C25H39N5O6.C24H37N5O6.4CO2/c1-19(31)4-9-23(32)26-21-7-5-20(6-8-21)22(27(2)3)16-28-10-12-29(17-24(33)34)14-15-30(13-11-28)18-25(35)36;1-26(2)21(19-5-7-20(8-6-19)25-22(31)4-3-15-30)16-27-9-11-28(17-23(32)33)13-14-29(12-10-27)18-24(34)35;4*2-1-3/h5-8,22H,4,9-18H2,1-3H3,(H,26,32)(H,33,34)(H,35,36);5-8,15,21H,3-4,9-14,16-18H2,1-2H3,(H,25,31)(H,32,33)(H,34,35);;;;. The van der Waals surface area contributed by atoms with E-state index in [-0.39, 0.29) is 106 Å². The number of nitrogens with one attached hydrogen (secondary N) is 2. The summed E-state index contributed by atoms with van der Waals surface area (Å²) >= 11 is 0. The Morgan fingerprint density at radius 2 is 0.687 bits per heavy atom. The van der Waals surface area contributed by atoms with Crippen LogP contribution in [0.4, 0.5) is 11.4 Å². The zero-order valence-electron chi connectivity index (χ0n) is 47.3. The van der Waals surface area contributed by atoms with Crippen LogP contribution in [0.1, 0.15) is 55.8 Å². The monoisotopic (exact) mass is 1170 g/mol. The summed E-state index contributed by atoms with van der Waals surface area (Å²) in [5.41, 5.74) is 3.46. The van der Waals surface area contributed by atoms with Crippen LogP contribution in [0.25, 0.3) is 0 Å². The number of aldehydes is 1. The highest BCUT2D eigenvalue weighted by molar-refractivity contribution is 5.93. The maximum atomic E-state index is 12.0. The van der Waals surface area contributed by atoms with Crippen LogP contribution >= 0.6 is 0 Å². The molecular weight excluding hydrogens is 1100 g/mol. The Morgan fingerprint density at radius 3 is 0.904 bits per heavy atom. The Hall–Kier alpha value is -8.20. The van der Waals surface area contributed by atoms with Gasteiger partial charge in [0, 0.05) is 141 Å². The number of carboxylic acid groups (broad SMARTS) is 4. The van der Waals surface area contributed by atoms with E-state index in [4.69, 9.17) is 38.4 Å². The number of benzene rings is 2. The molecule has 6 N–H and O–H groups in total. The van der Waals surface area contributed by atoms with Crippen molar-refractivity contribution in [2.24, 2.45) is 0 Å². The average Bonchev–Trinajstić information content (AvgIpc) is 3.62. The number of nitrogens with zero attached hydrogens (tertiary/aromatic N) is 8. The lowest BCUT2D eigenvalue weighted by molar-refractivity contribution is -0.193. The topological polar surface area (TPSA) is 404 Å². The van der Waals surface area contributed by atoms with Crippen LogP contribution in [0.5, 0.6) is 0 Å². The van der Waals surface area contributed by atoms with Gasteiger partial charge in [-0.1, -0.05) is 24.3 Å². The van der Waals surface area contributed by atoms with Gasteiger partial charge in [-0.25, -0.2) is 0 Å². The summed E-state index contributed by atoms with van der Waals surface area (Å²) in [6.45, 7) is 9.54. The minimum absolute atomic E-state index is 0.0218. The lowest BCUT2D eigenvalue weighted by atomic mass is 10.0. The van der Waals surface area contributed by atoms with E-state index < -0.39 is 23.9 Å². The Balaban J connectivity index is 0. The van der Waals surface area contributed by atoms with Gasteiger partial charge in [0.25, 0.3) is 0 Å². The maximum absolute atomic E-state index is 12.0. The Morgan fingerprint density at radius 1 is 0.446 bits per heavy atom. The van der Waals surface area contributed by atoms with Crippen molar-refractivity contribution in [2.45, 2.75) is 44.7 Å². The molecule has 2 aromatic rings. The Bertz CT molecular complexity index is 2320. The minimum atomic E-state index is -0.898. The van der Waals surface area contributed by atoms with Gasteiger partial charge in [-0.3, -0.25) is 58.2 Å². The summed E-state index contributed by atoms with van der Waals surface area (Å²) in [4.78, 5) is 172. The van der Waals surface area contributed by atoms with E-state index >= 15 is 0 Å². The molecule has 2 atom stereocenters. The van der Waals surface area contributed by atoms with Crippen LogP contribution in [-0.4, -0.2) is 278 Å². The fraction of sp³-hybridized carbons (Fsp3) is 0.547. The minimum Gasteiger partial charge on any atom is -0.480 e. The van der Waals surface area contributed by atoms with E-state index in [9.17, 15) is 58.8 Å². The van der Waals surface area contributed by atoms with Crippen LogP contribution in [-0.2, 0) is 76.7 Å². The number of hydrogen-bond acceptors (Lipinski definition) is 24. The van der Waals surface area contributed by atoms with E-state index in [0.29, 0.717) is 103 Å². The maximum Gasteiger partial charge on any atom is 0.373 e. The van der Waals surface area contributed by atoms with Crippen LogP contribution in [0, 0.1) is 0 Å². The molecule has 0 aromatic heterocycles. The molecule has 2 amide bonds. The normalized spacial score (nSPS) is 15.1. The molecule has 0 bridgehead atoms. The third kappa shape index (κ3) is 39.0. The van der Waals surface area contributed by atoms with Gasteiger partial charge in [0.1, 0.15) is 12.1 Å². The lowest BCUT2D eigenvalue weighted by Crippen LogP contribution is -2.42. The molecule has 0 saturated carbocycles. The zero-order valence-corrected chi connectivity index (χ0v) is 47.3. The highest BCUT2D eigenvalue weighted by Crippen LogP contribution is 2.24. The second-order valence-corrected chi connectivity index (χ2v) is 18.8. The third-order valence-electron chi connectivity index (χ3n) is 12.3. The quantitative estimate of drug-likeness (QED) is 0.0662. The van der Waals surface area contributed by atoms with Crippen molar-refractivity contribution in [3.05, 3.63) is 59.7 Å². The van der Waals surface area contributed by atoms with Crippen molar-refractivity contribution >= 4 is 83.7 Å². The number of rotatable bonds is 24. The predicted octanol–water partition coefficient (Wildman–Crippen LogP) is -1.35. The first-order valence-corrected chi connectivity index (χ1v) is 25.6. The summed E-state index contributed by atoms with van der Waals surface area (Å²) in [6.07, 6.45) is 2.44. The molecule has 2 saturated heterocycles. The molecule has 458 valence electrons. The summed E-state index contributed by atoms with van der Waals surface area (Å²) in [5, 5.41) is 42.6. The van der Waals surface area contributed by atoms with Gasteiger partial charge in [0.15, 0.2) is 0 Å². The van der Waals surface area contributed by atoms with Gasteiger partial charge in [-0.15, -0.1) is 0 Å². The van der Waals surface area contributed by atoms with Gasteiger partial charge >= 0.3 is 48.5 Å². The van der Waals surface area contributed by atoms with Crippen LogP contribution < -0.4 is 10.6 Å². The number of hydrogen-bond donors (Lipinski definition) is 6. The zero-order chi connectivity index (χ0) is 63.3. The summed E-state index contributed by atoms with van der Waals surface area (Å²) in [5.74, 6) is -4.02. The molecule has 0 aliphatic carbocycles. The van der Waals surface area contributed by atoms with E-state index in [1.807, 2.05) is 96.3 Å². The SMILES string of the molecule is CC(=O)CCC(=O)Nc1ccc(C(CN2CCN(CC(=O)O)CCN(CC(=O)O)CC2)N(C)C)cc1.CN(C)C(CN1CCN(CC(=O)O)CCN(CC(=O)O)CC1)c1ccc(NC(=O)CCC=O)cc1.O=C=O.O=C=O.O=C=O.O=C=O. The van der Waals surface area contributed by atoms with Crippen molar-refractivity contribution in [2.75, 3.05) is 157 Å². The number of anilines is 2. The van der Waals surface area contributed by atoms with Gasteiger partial charge < -0.3 is 50.4 Å². The number of amides is 2. The summed E-state index contributed by atoms with van der Waals surface area (Å²) in [6, 6.07) is 15.3. The van der Waals surface area contributed by atoms with Gasteiger partial charge in [0.05, 0.1) is 26.2 Å². The number of aliphatic carboxylic acids is 4. The molecule has 2 aromatic carbocycles. The number of likely N-dealkylation sites (N-methyl/N-ethyl adjacent to an activating group) is 2. The first kappa shape index (κ1) is 76.9. The molecule has 2 unspecified atom stereocenters. The second kappa shape index (κ2) is 46.4. The molecular formula is C53H76N10O20. The van der Waals surface area contributed by atoms with E-state index in [1.165, 1.54) is 6.92 Å². The fourth-order valence-corrected chi connectivity index (χ4v) is 8.26. The molecule has 4 rings (SSSR count).